The number of hydrogen-bond donors (Lipinski definition) is 1. The number of nitrogens with one attached hydrogen (secondary N) is 1. The number of carbonyl (C=O) groups is 2. The van der Waals surface area contributed by atoms with Gasteiger partial charge in [0.05, 0.1) is 19.8 Å². The molecule has 0 aliphatic carbocycles. The number of carbonyl (C=O) groups excluding carboxylic acids is 2. The van der Waals surface area contributed by atoms with Gasteiger partial charge in [-0.1, -0.05) is 12.1 Å². The molecule has 6 heteroatoms. The van der Waals surface area contributed by atoms with Gasteiger partial charge in [-0.2, -0.15) is 0 Å². The number of nitrogens with zero attached hydrogens (tertiary/aromatic N) is 1. The molecule has 0 aromatic heterocycles. The van der Waals surface area contributed by atoms with Crippen molar-refractivity contribution in [1.29, 1.82) is 0 Å². The van der Waals surface area contributed by atoms with Crippen LogP contribution in [0.3, 0.4) is 0 Å². The van der Waals surface area contributed by atoms with Crippen LogP contribution in [0.4, 0.5) is 10.5 Å². The molecule has 1 N–H and O–H groups in total. The van der Waals surface area contributed by atoms with Crippen molar-refractivity contribution in [2.24, 2.45) is 0 Å². The number of anilines is 1. The van der Waals surface area contributed by atoms with E-state index >= 15 is 0 Å². The molecule has 1 aromatic rings. The van der Waals surface area contributed by atoms with Crippen LogP contribution in [0.15, 0.2) is 30.3 Å². The zero-order valence-corrected chi connectivity index (χ0v) is 12.6. The predicted molar refractivity (Wildman–Crippen MR) is 83.5 cm³/mol. The average molecular weight is 304 g/mol. The third-order valence-corrected chi connectivity index (χ3v) is 3.16. The van der Waals surface area contributed by atoms with Crippen LogP contribution in [0, 0.1) is 0 Å². The number of rotatable bonds is 4. The summed E-state index contributed by atoms with van der Waals surface area (Å²) in [5.74, 6) is -0.368. The van der Waals surface area contributed by atoms with Crippen molar-refractivity contribution < 1.29 is 19.1 Å². The molecule has 6 nitrogen and oxygen atoms in total. The van der Waals surface area contributed by atoms with Gasteiger partial charge in [-0.05, 0) is 30.7 Å². The fourth-order valence-corrected chi connectivity index (χ4v) is 2.00. The van der Waals surface area contributed by atoms with E-state index in [1.807, 2.05) is 12.1 Å². The Morgan fingerprint density at radius 2 is 1.95 bits per heavy atom. The minimum Gasteiger partial charge on any atom is -0.463 e. The summed E-state index contributed by atoms with van der Waals surface area (Å²) in [6.07, 6.45) is 3.05. The number of benzene rings is 1. The first-order valence-corrected chi connectivity index (χ1v) is 7.27. The highest BCUT2D eigenvalue weighted by Crippen LogP contribution is 2.12. The summed E-state index contributed by atoms with van der Waals surface area (Å²) < 4.78 is 10.0. The highest BCUT2D eigenvalue weighted by molar-refractivity contribution is 5.90. The van der Waals surface area contributed by atoms with Crippen molar-refractivity contribution >= 4 is 23.8 Å². The van der Waals surface area contributed by atoms with E-state index in [4.69, 9.17) is 9.47 Å². The van der Waals surface area contributed by atoms with Gasteiger partial charge >= 0.3 is 12.0 Å². The SMILES string of the molecule is CCOC(=O)C=Cc1ccc(NC(=O)N2CCOCC2)cc1. The largest absolute Gasteiger partial charge is 0.463 e. The Hall–Kier alpha value is -2.34. The van der Waals surface area contributed by atoms with E-state index in [2.05, 4.69) is 5.32 Å². The maximum Gasteiger partial charge on any atom is 0.330 e. The minimum atomic E-state index is -0.368. The minimum absolute atomic E-state index is 0.127. The lowest BCUT2D eigenvalue weighted by atomic mass is 10.2. The molecule has 0 bridgehead atoms. The van der Waals surface area contributed by atoms with Crippen LogP contribution in [0.1, 0.15) is 12.5 Å². The number of amides is 2. The van der Waals surface area contributed by atoms with E-state index in [0.717, 1.165) is 5.56 Å². The lowest BCUT2D eigenvalue weighted by molar-refractivity contribution is -0.137. The van der Waals surface area contributed by atoms with E-state index in [1.54, 1.807) is 30.0 Å². The van der Waals surface area contributed by atoms with Gasteiger partial charge < -0.3 is 19.7 Å². The Morgan fingerprint density at radius 1 is 1.27 bits per heavy atom. The molecule has 1 aliphatic rings. The Kier molecular flexibility index (Phi) is 5.97. The van der Waals surface area contributed by atoms with Crippen LogP contribution in [-0.4, -0.2) is 49.8 Å². The molecular formula is C16H20N2O4. The van der Waals surface area contributed by atoms with Crippen molar-refractivity contribution in [2.45, 2.75) is 6.92 Å². The Bertz CT molecular complexity index is 534. The number of ether oxygens (including phenoxy) is 2. The van der Waals surface area contributed by atoms with E-state index in [9.17, 15) is 9.59 Å². The van der Waals surface area contributed by atoms with Crippen LogP contribution in [0.25, 0.3) is 6.08 Å². The standard InChI is InChI=1S/C16H20N2O4/c1-2-22-15(19)8-5-13-3-6-14(7-4-13)17-16(20)18-9-11-21-12-10-18/h3-8H,2,9-12H2,1H3,(H,17,20). The maximum atomic E-state index is 12.0. The van der Waals surface area contributed by atoms with Gasteiger partial charge in [-0.3, -0.25) is 0 Å². The Balaban J connectivity index is 1.88. The fourth-order valence-electron chi connectivity index (χ4n) is 2.00. The number of morpholine rings is 1. The summed E-state index contributed by atoms with van der Waals surface area (Å²) in [4.78, 5) is 25.0. The highest BCUT2D eigenvalue weighted by atomic mass is 16.5. The van der Waals surface area contributed by atoms with Gasteiger partial charge in [0.25, 0.3) is 0 Å². The summed E-state index contributed by atoms with van der Waals surface area (Å²) in [5, 5.41) is 2.84. The van der Waals surface area contributed by atoms with E-state index < -0.39 is 0 Å². The van der Waals surface area contributed by atoms with E-state index in [-0.39, 0.29) is 12.0 Å². The first-order valence-electron chi connectivity index (χ1n) is 7.27. The summed E-state index contributed by atoms with van der Waals surface area (Å²) in [6.45, 7) is 4.47. The normalized spacial score (nSPS) is 14.9. The first-order chi connectivity index (χ1) is 10.7. The first kappa shape index (κ1) is 16.0. The Labute approximate surface area is 129 Å². The molecule has 1 fully saturated rings. The molecular weight excluding hydrogens is 284 g/mol. The fraction of sp³-hybridized carbons (Fsp3) is 0.375. The number of urea groups is 1. The second-order valence-electron chi connectivity index (χ2n) is 4.74. The van der Waals surface area contributed by atoms with Crippen LogP contribution in [0.5, 0.6) is 0 Å². The van der Waals surface area contributed by atoms with Crippen molar-refractivity contribution in [3.8, 4) is 0 Å². The summed E-state index contributed by atoms with van der Waals surface area (Å²) in [5.41, 5.74) is 1.57. The smallest absolute Gasteiger partial charge is 0.330 e. The zero-order chi connectivity index (χ0) is 15.8. The highest BCUT2D eigenvalue weighted by Gasteiger charge is 2.16. The second-order valence-corrected chi connectivity index (χ2v) is 4.74. The van der Waals surface area contributed by atoms with Gasteiger partial charge in [0.1, 0.15) is 0 Å². The molecule has 0 saturated carbocycles. The van der Waals surface area contributed by atoms with Crippen LogP contribution in [0.2, 0.25) is 0 Å². The van der Waals surface area contributed by atoms with Gasteiger partial charge in [0.15, 0.2) is 0 Å². The number of esters is 1. The number of hydrogen-bond acceptors (Lipinski definition) is 4. The molecule has 1 heterocycles. The lowest BCUT2D eigenvalue weighted by Crippen LogP contribution is -2.43. The summed E-state index contributed by atoms with van der Waals surface area (Å²) >= 11 is 0. The molecule has 1 saturated heterocycles. The molecule has 0 unspecified atom stereocenters. The van der Waals surface area contributed by atoms with Crippen molar-refractivity contribution in [3.63, 3.8) is 0 Å². The molecule has 22 heavy (non-hydrogen) atoms. The second kappa shape index (κ2) is 8.19. The molecule has 0 atom stereocenters. The van der Waals surface area contributed by atoms with Crippen LogP contribution < -0.4 is 5.32 Å². The summed E-state index contributed by atoms with van der Waals surface area (Å²) in [7, 11) is 0. The third kappa shape index (κ3) is 4.89. The van der Waals surface area contributed by atoms with Gasteiger partial charge in [0.2, 0.25) is 0 Å². The lowest BCUT2D eigenvalue weighted by Gasteiger charge is -2.26. The van der Waals surface area contributed by atoms with Crippen molar-refractivity contribution in [2.75, 3.05) is 38.2 Å². The monoisotopic (exact) mass is 304 g/mol. The van der Waals surface area contributed by atoms with Crippen LogP contribution in [-0.2, 0) is 14.3 Å². The van der Waals surface area contributed by atoms with E-state index in [1.165, 1.54) is 6.08 Å². The van der Waals surface area contributed by atoms with Crippen molar-refractivity contribution in [3.05, 3.63) is 35.9 Å². The van der Waals surface area contributed by atoms with Crippen molar-refractivity contribution in [1.82, 2.24) is 4.90 Å². The van der Waals surface area contributed by atoms with Gasteiger partial charge in [0, 0.05) is 24.9 Å². The molecule has 2 amide bonds. The molecule has 118 valence electrons. The van der Waals surface area contributed by atoms with Gasteiger partial charge in [-0.15, -0.1) is 0 Å². The molecule has 0 spiro atoms. The molecule has 2 rings (SSSR count). The zero-order valence-electron chi connectivity index (χ0n) is 12.6. The topological polar surface area (TPSA) is 67.9 Å². The molecule has 0 radical (unpaired) electrons. The Morgan fingerprint density at radius 3 is 2.59 bits per heavy atom. The van der Waals surface area contributed by atoms with E-state index in [0.29, 0.717) is 38.6 Å². The molecule has 1 aromatic carbocycles. The molecule has 1 aliphatic heterocycles. The average Bonchev–Trinajstić information content (AvgIpc) is 2.55. The quantitative estimate of drug-likeness (QED) is 0.683. The maximum absolute atomic E-state index is 12.0. The van der Waals surface area contributed by atoms with Gasteiger partial charge in [-0.25, -0.2) is 9.59 Å². The van der Waals surface area contributed by atoms with Crippen LogP contribution >= 0.6 is 0 Å². The predicted octanol–water partition coefficient (Wildman–Crippen LogP) is 2.13. The third-order valence-electron chi connectivity index (χ3n) is 3.16. The summed E-state index contributed by atoms with van der Waals surface area (Å²) in [6, 6.07) is 7.11.